The first-order valence-corrected chi connectivity index (χ1v) is 8.41. The average molecular weight is 371 g/mol. The molecule has 3 amide bonds. The van der Waals surface area contributed by atoms with Gasteiger partial charge in [0.05, 0.1) is 0 Å². The second-order valence-corrected chi connectivity index (χ2v) is 5.92. The highest BCUT2D eigenvalue weighted by atomic mass is 19.1. The summed E-state index contributed by atoms with van der Waals surface area (Å²) in [6.45, 7) is 0.222. The van der Waals surface area contributed by atoms with Crippen molar-refractivity contribution in [3.05, 3.63) is 59.9 Å². The molecule has 2 aromatic rings. The van der Waals surface area contributed by atoms with Gasteiger partial charge in [-0.3, -0.25) is 25.2 Å². The van der Waals surface area contributed by atoms with Crippen LogP contribution in [0.5, 0.6) is 5.75 Å². The lowest BCUT2D eigenvalue weighted by Crippen LogP contribution is -2.43. The molecule has 2 aromatic carbocycles. The molecule has 0 spiro atoms. The Labute approximate surface area is 155 Å². The fraction of sp³-hybridized carbons (Fsp3) is 0.211. The van der Waals surface area contributed by atoms with Gasteiger partial charge in [-0.25, -0.2) is 4.39 Å². The minimum Gasteiger partial charge on any atom is -0.481 e. The number of hydrogen-bond acceptors (Lipinski definition) is 4. The number of halogens is 1. The quantitative estimate of drug-likeness (QED) is 0.785. The van der Waals surface area contributed by atoms with Crippen molar-refractivity contribution in [1.29, 1.82) is 0 Å². The molecular weight excluding hydrogens is 353 g/mol. The summed E-state index contributed by atoms with van der Waals surface area (Å²) >= 11 is 0. The lowest BCUT2D eigenvalue weighted by molar-refractivity contribution is -0.124. The Morgan fingerprint density at radius 2 is 1.81 bits per heavy atom. The van der Waals surface area contributed by atoms with Gasteiger partial charge in [0, 0.05) is 24.2 Å². The third kappa shape index (κ3) is 4.60. The predicted molar refractivity (Wildman–Crippen MR) is 95.5 cm³/mol. The zero-order valence-corrected chi connectivity index (χ0v) is 14.4. The molecule has 0 saturated carbocycles. The molecule has 0 bridgehead atoms. The van der Waals surface area contributed by atoms with E-state index in [-0.39, 0.29) is 11.7 Å². The van der Waals surface area contributed by atoms with E-state index in [0.717, 1.165) is 12.1 Å². The fourth-order valence-electron chi connectivity index (χ4n) is 2.65. The maximum atomic E-state index is 13.4. The van der Waals surface area contributed by atoms with E-state index >= 15 is 0 Å². The SMILES string of the molecule is O=C(COc1ccccc1F)NNC(=O)c1ccc(N2CCCC2=O)cc1. The average Bonchev–Trinajstić information content (AvgIpc) is 3.11. The van der Waals surface area contributed by atoms with Gasteiger partial charge in [0.25, 0.3) is 11.8 Å². The predicted octanol–water partition coefficient (Wildman–Crippen LogP) is 1.79. The van der Waals surface area contributed by atoms with E-state index in [1.165, 1.54) is 18.2 Å². The Morgan fingerprint density at radius 3 is 2.48 bits per heavy atom. The summed E-state index contributed by atoms with van der Waals surface area (Å²) < 4.78 is 18.4. The van der Waals surface area contributed by atoms with Gasteiger partial charge in [-0.1, -0.05) is 12.1 Å². The van der Waals surface area contributed by atoms with Crippen LogP contribution in [0.4, 0.5) is 10.1 Å². The molecule has 0 radical (unpaired) electrons. The number of carbonyl (C=O) groups is 3. The zero-order chi connectivity index (χ0) is 19.2. The highest BCUT2D eigenvalue weighted by molar-refractivity contribution is 5.98. The number of benzene rings is 2. The fourth-order valence-corrected chi connectivity index (χ4v) is 2.65. The van der Waals surface area contributed by atoms with Crippen LogP contribution in [0.1, 0.15) is 23.2 Å². The van der Waals surface area contributed by atoms with Crippen molar-refractivity contribution in [3.63, 3.8) is 0 Å². The van der Waals surface area contributed by atoms with Crippen LogP contribution in [-0.2, 0) is 9.59 Å². The van der Waals surface area contributed by atoms with Crippen LogP contribution in [0.25, 0.3) is 0 Å². The van der Waals surface area contributed by atoms with E-state index in [1.54, 1.807) is 35.2 Å². The van der Waals surface area contributed by atoms with Crippen molar-refractivity contribution in [2.75, 3.05) is 18.1 Å². The van der Waals surface area contributed by atoms with Crippen LogP contribution in [0, 0.1) is 5.82 Å². The smallest absolute Gasteiger partial charge is 0.276 e. The molecular formula is C19H18FN3O4. The van der Waals surface area contributed by atoms with Crippen molar-refractivity contribution < 1.29 is 23.5 Å². The summed E-state index contributed by atoms with van der Waals surface area (Å²) in [6.07, 6.45) is 1.35. The highest BCUT2D eigenvalue weighted by Gasteiger charge is 2.21. The Hall–Kier alpha value is -3.42. The van der Waals surface area contributed by atoms with Crippen molar-refractivity contribution in [3.8, 4) is 5.75 Å². The number of para-hydroxylation sites is 1. The standard InChI is InChI=1S/C19H18FN3O4/c20-15-4-1-2-5-16(15)27-12-17(24)21-22-19(26)13-7-9-14(10-8-13)23-11-3-6-18(23)25/h1-2,4-5,7-10H,3,6,11-12H2,(H,21,24)(H,22,26). The molecule has 1 heterocycles. The summed E-state index contributed by atoms with van der Waals surface area (Å²) in [6, 6.07) is 12.2. The molecule has 140 valence electrons. The van der Waals surface area contributed by atoms with Crippen molar-refractivity contribution in [1.82, 2.24) is 10.9 Å². The van der Waals surface area contributed by atoms with Crippen LogP contribution in [0.3, 0.4) is 0 Å². The van der Waals surface area contributed by atoms with Crippen LogP contribution < -0.4 is 20.5 Å². The van der Waals surface area contributed by atoms with E-state index in [0.29, 0.717) is 18.5 Å². The second-order valence-electron chi connectivity index (χ2n) is 5.92. The summed E-state index contributed by atoms with van der Waals surface area (Å²) in [5.41, 5.74) is 5.50. The molecule has 0 unspecified atom stereocenters. The number of amides is 3. The molecule has 0 atom stereocenters. The van der Waals surface area contributed by atoms with E-state index in [9.17, 15) is 18.8 Å². The van der Waals surface area contributed by atoms with Gasteiger partial charge >= 0.3 is 0 Å². The number of hydrazine groups is 1. The highest BCUT2D eigenvalue weighted by Crippen LogP contribution is 2.21. The summed E-state index contributed by atoms with van der Waals surface area (Å²) in [5, 5.41) is 0. The monoisotopic (exact) mass is 371 g/mol. The van der Waals surface area contributed by atoms with Gasteiger partial charge in [-0.05, 0) is 42.8 Å². The number of nitrogens with one attached hydrogen (secondary N) is 2. The summed E-state index contributed by atoms with van der Waals surface area (Å²) in [5.74, 6) is -1.72. The van der Waals surface area contributed by atoms with Crippen LogP contribution >= 0.6 is 0 Å². The Morgan fingerprint density at radius 1 is 1.07 bits per heavy atom. The van der Waals surface area contributed by atoms with Gasteiger partial charge in [-0.2, -0.15) is 0 Å². The molecule has 1 fully saturated rings. The molecule has 0 aromatic heterocycles. The first kappa shape index (κ1) is 18.4. The number of anilines is 1. The lowest BCUT2D eigenvalue weighted by Gasteiger charge is -2.16. The second kappa shape index (κ2) is 8.31. The number of nitrogens with zero attached hydrogens (tertiary/aromatic N) is 1. The summed E-state index contributed by atoms with van der Waals surface area (Å²) in [7, 11) is 0. The maximum Gasteiger partial charge on any atom is 0.276 e. The van der Waals surface area contributed by atoms with E-state index in [4.69, 9.17) is 4.74 Å². The molecule has 0 aliphatic carbocycles. The minimum atomic E-state index is -0.633. The number of ether oxygens (including phenoxy) is 1. The molecule has 7 nitrogen and oxygen atoms in total. The summed E-state index contributed by atoms with van der Waals surface area (Å²) in [4.78, 5) is 37.2. The number of hydrogen-bond donors (Lipinski definition) is 2. The topological polar surface area (TPSA) is 87.7 Å². The van der Waals surface area contributed by atoms with Gasteiger partial charge in [0.15, 0.2) is 18.2 Å². The molecule has 27 heavy (non-hydrogen) atoms. The van der Waals surface area contributed by atoms with Crippen molar-refractivity contribution in [2.45, 2.75) is 12.8 Å². The van der Waals surface area contributed by atoms with E-state index in [2.05, 4.69) is 10.9 Å². The lowest BCUT2D eigenvalue weighted by atomic mass is 10.2. The molecule has 1 aliphatic heterocycles. The Bertz CT molecular complexity index is 854. The van der Waals surface area contributed by atoms with Gasteiger partial charge in [0.2, 0.25) is 5.91 Å². The van der Waals surface area contributed by atoms with Gasteiger partial charge < -0.3 is 9.64 Å². The van der Waals surface area contributed by atoms with Crippen LogP contribution in [-0.4, -0.2) is 30.9 Å². The third-order valence-electron chi connectivity index (χ3n) is 4.03. The zero-order valence-electron chi connectivity index (χ0n) is 14.4. The van der Waals surface area contributed by atoms with Crippen molar-refractivity contribution >= 4 is 23.4 Å². The molecule has 3 rings (SSSR count). The first-order chi connectivity index (χ1) is 13.0. The maximum absolute atomic E-state index is 13.4. The van der Waals surface area contributed by atoms with Crippen LogP contribution in [0.2, 0.25) is 0 Å². The third-order valence-corrected chi connectivity index (χ3v) is 4.03. The Kier molecular flexibility index (Phi) is 5.65. The molecule has 8 heteroatoms. The Balaban J connectivity index is 1.48. The van der Waals surface area contributed by atoms with Crippen molar-refractivity contribution in [2.24, 2.45) is 0 Å². The largest absolute Gasteiger partial charge is 0.481 e. The molecule has 1 aliphatic rings. The normalized spacial score (nSPS) is 13.4. The molecule has 1 saturated heterocycles. The van der Waals surface area contributed by atoms with Gasteiger partial charge in [-0.15, -0.1) is 0 Å². The number of carbonyl (C=O) groups excluding carboxylic acids is 3. The first-order valence-electron chi connectivity index (χ1n) is 8.41. The van der Waals surface area contributed by atoms with E-state index < -0.39 is 24.2 Å². The van der Waals surface area contributed by atoms with Crippen LogP contribution in [0.15, 0.2) is 48.5 Å². The minimum absolute atomic E-state index is 0.0500. The molecule has 2 N–H and O–H groups in total. The van der Waals surface area contributed by atoms with E-state index in [1.807, 2.05) is 0 Å². The van der Waals surface area contributed by atoms with Gasteiger partial charge in [0.1, 0.15) is 0 Å². The number of rotatable bonds is 5.